The summed E-state index contributed by atoms with van der Waals surface area (Å²) in [7, 11) is 0. The largest absolute Gasteiger partial charge is 0.243 e. The van der Waals surface area contributed by atoms with Gasteiger partial charge in [-0.2, -0.15) is 8.75 Å². The van der Waals surface area contributed by atoms with Crippen LogP contribution in [0.3, 0.4) is 0 Å². The van der Waals surface area contributed by atoms with Gasteiger partial charge in [0.25, 0.3) is 0 Å². The first-order valence-corrected chi connectivity index (χ1v) is 39.9. The van der Waals surface area contributed by atoms with E-state index in [9.17, 15) is 0 Å². The van der Waals surface area contributed by atoms with Crippen molar-refractivity contribution < 1.29 is 0 Å². The van der Waals surface area contributed by atoms with Gasteiger partial charge in [0.1, 0.15) is 22.1 Å². The molecule has 0 amide bonds. The van der Waals surface area contributed by atoms with Crippen molar-refractivity contribution in [2.24, 2.45) is 0 Å². The Morgan fingerprint density at radius 1 is 0.301 bits per heavy atom. The van der Waals surface area contributed by atoms with Crippen molar-refractivity contribution >= 4 is 142 Å². The zero-order valence-corrected chi connectivity index (χ0v) is 59.3. The van der Waals surface area contributed by atoms with E-state index in [2.05, 4.69) is 83.8 Å². The topological polar surface area (TPSA) is 51.6 Å². The highest BCUT2D eigenvalue weighted by Gasteiger charge is 2.28. The van der Waals surface area contributed by atoms with E-state index in [-0.39, 0.29) is 0 Å². The van der Waals surface area contributed by atoms with E-state index in [0.717, 1.165) is 77.5 Å². The number of thiophene rings is 4. The molecule has 0 spiro atoms. The van der Waals surface area contributed by atoms with Gasteiger partial charge in [0.05, 0.1) is 39.7 Å². The summed E-state index contributed by atoms with van der Waals surface area (Å²) in [4.78, 5) is 17.7. The Labute approximate surface area is 540 Å². The normalized spacial score (nSPS) is 12.2. The van der Waals surface area contributed by atoms with E-state index in [0.29, 0.717) is 0 Å². The number of hydrogen-bond acceptors (Lipinski definition) is 9. The van der Waals surface area contributed by atoms with E-state index in [1.54, 1.807) is 20.9 Å². The van der Waals surface area contributed by atoms with Crippen LogP contribution in [0.5, 0.6) is 0 Å². The van der Waals surface area contributed by atoms with Crippen LogP contribution in [0.25, 0.3) is 74.2 Å². The van der Waals surface area contributed by atoms with Gasteiger partial charge in [-0.05, 0) is 119 Å². The lowest BCUT2D eigenvalue weighted by molar-refractivity contribution is 0.554. The number of aryl methyl sites for hydroxylation is 4. The highest BCUT2D eigenvalue weighted by molar-refractivity contribution is 9.11. The van der Waals surface area contributed by atoms with Gasteiger partial charge in [-0.3, -0.25) is 0 Å². The van der Waals surface area contributed by atoms with Gasteiger partial charge >= 0.3 is 0 Å². The second-order valence-electron chi connectivity index (χ2n) is 24.8. The van der Waals surface area contributed by atoms with Crippen LogP contribution in [-0.2, 0) is 25.7 Å². The molecule has 0 atom stereocenters. The molecule has 4 nitrogen and oxygen atoms in total. The van der Waals surface area contributed by atoms with Crippen LogP contribution in [0.4, 0.5) is 0 Å². The van der Waals surface area contributed by atoms with Gasteiger partial charge < -0.3 is 0 Å². The Balaban J connectivity index is 1.14. The summed E-state index contributed by atoms with van der Waals surface area (Å²) in [6.07, 6.45) is 59.1. The molecule has 0 aliphatic rings. The Hall–Kier alpha value is -1.86. The molecule has 0 saturated heterocycles. The standard InChI is InChI=1S/C72H104Br2N4S5/c1-5-9-13-17-21-25-29-33-37-41-45-53-49-59(79-57(53)47-43-39-35-31-27-23-19-15-11-7-3)63-67-68(76-66-56-52-62(74)82-72(56)71-55(65(66)75-67)51-61(73)81-71)64(70-69(63)77-83-78-70)60-50-54(46-42-38-34-30-26-22-18-14-10-6-2)58(80-60)48-44-40-36-32-28-24-20-16-12-8-4/h49-52H,5-48H2,1-4H3. The van der Waals surface area contributed by atoms with Crippen molar-refractivity contribution in [2.45, 2.75) is 310 Å². The number of rotatable bonds is 46. The van der Waals surface area contributed by atoms with Crippen LogP contribution in [0.15, 0.2) is 31.8 Å². The molecule has 6 aromatic heterocycles. The van der Waals surface area contributed by atoms with E-state index in [1.165, 1.54) is 298 Å². The smallest absolute Gasteiger partial charge is 0.116 e. The van der Waals surface area contributed by atoms with Crippen LogP contribution in [0, 0.1) is 0 Å². The minimum absolute atomic E-state index is 0.989. The highest BCUT2D eigenvalue weighted by Crippen LogP contribution is 2.50. The monoisotopic (exact) mass is 1340 g/mol. The van der Waals surface area contributed by atoms with Crippen molar-refractivity contribution in [3.05, 3.63) is 52.7 Å². The second-order valence-corrected chi connectivity index (χ2v) is 32.4. The molecule has 456 valence electrons. The van der Waals surface area contributed by atoms with Gasteiger partial charge in [0, 0.05) is 41.4 Å². The molecule has 0 N–H and O–H groups in total. The highest BCUT2D eigenvalue weighted by atomic mass is 79.9. The third-order valence-electron chi connectivity index (χ3n) is 17.9. The first-order valence-electron chi connectivity index (χ1n) is 34.3. The van der Waals surface area contributed by atoms with E-state index < -0.39 is 0 Å². The molecule has 0 saturated carbocycles. The first-order chi connectivity index (χ1) is 40.9. The molecular formula is C72H104Br2N4S5. The number of benzene rings is 2. The number of hydrogen-bond donors (Lipinski definition) is 0. The van der Waals surface area contributed by atoms with Crippen molar-refractivity contribution in [1.82, 2.24) is 18.7 Å². The Kier molecular flexibility index (Phi) is 30.6. The Morgan fingerprint density at radius 2 is 0.578 bits per heavy atom. The summed E-state index contributed by atoms with van der Waals surface area (Å²) in [6, 6.07) is 9.75. The minimum Gasteiger partial charge on any atom is -0.243 e. The number of unbranched alkanes of at least 4 members (excludes halogenated alkanes) is 36. The second kappa shape index (κ2) is 37.9. The van der Waals surface area contributed by atoms with Crippen LogP contribution in [0.1, 0.15) is 305 Å². The van der Waals surface area contributed by atoms with Crippen LogP contribution < -0.4 is 0 Å². The van der Waals surface area contributed by atoms with Crippen molar-refractivity contribution in [2.75, 3.05) is 0 Å². The fourth-order valence-electron chi connectivity index (χ4n) is 13.0. The van der Waals surface area contributed by atoms with Crippen LogP contribution in [-0.4, -0.2) is 18.7 Å². The minimum atomic E-state index is 0.989. The van der Waals surface area contributed by atoms with Gasteiger partial charge in [0.2, 0.25) is 0 Å². The third-order valence-corrected chi connectivity index (χ3v) is 24.3. The third kappa shape index (κ3) is 20.1. The molecule has 0 aliphatic heterocycles. The SMILES string of the molecule is CCCCCCCCCCCCc1cc(-c2c3nsnc3c(-c3cc(CCCCCCCCCCCC)c(CCCCCCCCCCCC)s3)c3nc4c5cc(Br)sc5c5sc(Br)cc5c4nc23)sc1CCCCCCCCCCCC. The molecule has 0 fully saturated rings. The van der Waals surface area contributed by atoms with E-state index >= 15 is 0 Å². The maximum atomic E-state index is 5.97. The summed E-state index contributed by atoms with van der Waals surface area (Å²) in [5, 5.41) is 2.36. The lowest BCUT2D eigenvalue weighted by Gasteiger charge is -2.12. The fourth-order valence-corrected chi connectivity index (χ4v) is 19.5. The molecule has 6 heterocycles. The van der Waals surface area contributed by atoms with Gasteiger partial charge in [-0.25, -0.2) is 9.97 Å². The summed E-state index contributed by atoms with van der Waals surface area (Å²) in [5.74, 6) is 0. The summed E-state index contributed by atoms with van der Waals surface area (Å²) in [6.45, 7) is 9.28. The van der Waals surface area contributed by atoms with E-state index in [4.69, 9.17) is 18.7 Å². The zero-order chi connectivity index (χ0) is 57.9. The lowest BCUT2D eigenvalue weighted by Crippen LogP contribution is -1.95. The Morgan fingerprint density at radius 3 is 0.880 bits per heavy atom. The van der Waals surface area contributed by atoms with Crippen LogP contribution >= 0.6 is 88.9 Å². The quantitative estimate of drug-likeness (QED) is 0.0282. The molecule has 83 heavy (non-hydrogen) atoms. The average molecular weight is 1350 g/mol. The zero-order valence-electron chi connectivity index (χ0n) is 52.0. The van der Waals surface area contributed by atoms with Crippen molar-refractivity contribution in [1.29, 1.82) is 0 Å². The maximum Gasteiger partial charge on any atom is 0.116 e. The first kappa shape index (κ1) is 67.1. The van der Waals surface area contributed by atoms with Gasteiger partial charge in [0.15, 0.2) is 0 Å². The average Bonchev–Trinajstić information content (AvgIpc) is 1.87. The van der Waals surface area contributed by atoms with E-state index in [1.807, 2.05) is 45.3 Å². The molecule has 0 aliphatic carbocycles. The maximum absolute atomic E-state index is 5.97. The summed E-state index contributed by atoms with van der Waals surface area (Å²) >= 11 is 16.9. The number of halogens is 2. The van der Waals surface area contributed by atoms with Crippen molar-refractivity contribution in [3.63, 3.8) is 0 Å². The fraction of sp³-hybridized carbons (Fsp3) is 0.667. The Bertz CT molecular complexity index is 2830. The molecule has 0 unspecified atom stereocenters. The number of fused-ring (bicyclic) bond motifs is 8. The number of aromatic nitrogens is 4. The molecule has 11 heteroatoms. The predicted molar refractivity (Wildman–Crippen MR) is 383 cm³/mol. The molecule has 0 radical (unpaired) electrons. The predicted octanol–water partition coefficient (Wildman–Crippen LogP) is 28.1. The lowest BCUT2D eigenvalue weighted by atomic mass is 9.98. The molecule has 2 aromatic carbocycles. The van der Waals surface area contributed by atoms with Gasteiger partial charge in [-0.15, -0.1) is 45.3 Å². The molecular weight excluding hydrogens is 1240 g/mol. The number of nitrogens with zero attached hydrogens (tertiary/aromatic N) is 4. The van der Waals surface area contributed by atoms with Gasteiger partial charge in [-0.1, -0.05) is 259 Å². The molecule has 8 rings (SSSR count). The van der Waals surface area contributed by atoms with Crippen LogP contribution in [0.2, 0.25) is 0 Å². The molecule has 8 aromatic rings. The summed E-state index contributed by atoms with van der Waals surface area (Å²) < 4.78 is 15.5. The summed E-state index contributed by atoms with van der Waals surface area (Å²) in [5.41, 5.74) is 11.4. The van der Waals surface area contributed by atoms with Crippen molar-refractivity contribution in [3.8, 4) is 20.9 Å². The molecule has 0 bridgehead atoms.